The molecule has 124 valence electrons. The molecule has 4 heteroatoms. The first-order chi connectivity index (χ1) is 11.7. The number of benzene rings is 2. The summed E-state index contributed by atoms with van der Waals surface area (Å²) in [5, 5.41) is 7.93. The Morgan fingerprint density at radius 1 is 1.08 bits per heavy atom. The standard InChI is InChI=1S/C20H24N4/c1-4-24-19(22-14-23-24)13-21-20(17-8-6-5-7-9-17)18-12-15(2)10-11-16(18)3/h5-12,14,20-21H,4,13H2,1-3H3/t20-/m0/s1. The van der Waals surface area contributed by atoms with Gasteiger partial charge >= 0.3 is 0 Å². The van der Waals surface area contributed by atoms with Gasteiger partial charge in [0, 0.05) is 6.54 Å². The molecule has 0 saturated carbocycles. The second-order valence-electron chi connectivity index (χ2n) is 6.08. The van der Waals surface area contributed by atoms with Gasteiger partial charge in [0.1, 0.15) is 12.2 Å². The maximum atomic E-state index is 4.38. The van der Waals surface area contributed by atoms with Gasteiger partial charge in [0.25, 0.3) is 0 Å². The zero-order valence-corrected chi connectivity index (χ0v) is 14.5. The van der Waals surface area contributed by atoms with Crippen molar-refractivity contribution in [2.75, 3.05) is 0 Å². The average molecular weight is 320 g/mol. The molecule has 0 aliphatic carbocycles. The van der Waals surface area contributed by atoms with Crippen LogP contribution in [0.2, 0.25) is 0 Å². The average Bonchev–Trinajstić information content (AvgIpc) is 3.06. The molecule has 1 atom stereocenters. The van der Waals surface area contributed by atoms with E-state index >= 15 is 0 Å². The Labute approximate surface area is 143 Å². The maximum Gasteiger partial charge on any atom is 0.140 e. The van der Waals surface area contributed by atoms with Gasteiger partial charge in [0.2, 0.25) is 0 Å². The molecule has 1 N–H and O–H groups in total. The highest BCUT2D eigenvalue weighted by Crippen LogP contribution is 2.26. The molecule has 1 aromatic heterocycles. The summed E-state index contributed by atoms with van der Waals surface area (Å²) in [7, 11) is 0. The molecule has 0 radical (unpaired) electrons. The summed E-state index contributed by atoms with van der Waals surface area (Å²) in [5.41, 5.74) is 5.13. The summed E-state index contributed by atoms with van der Waals surface area (Å²) in [6.45, 7) is 7.90. The highest BCUT2D eigenvalue weighted by atomic mass is 15.3. The van der Waals surface area contributed by atoms with E-state index in [9.17, 15) is 0 Å². The van der Waals surface area contributed by atoms with E-state index in [0.29, 0.717) is 6.54 Å². The molecule has 3 rings (SSSR count). The van der Waals surface area contributed by atoms with Crippen LogP contribution in [0, 0.1) is 13.8 Å². The van der Waals surface area contributed by atoms with Crippen molar-refractivity contribution in [3.63, 3.8) is 0 Å². The smallest absolute Gasteiger partial charge is 0.140 e. The van der Waals surface area contributed by atoms with Gasteiger partial charge in [-0.05, 0) is 37.5 Å². The molecular weight excluding hydrogens is 296 g/mol. The maximum absolute atomic E-state index is 4.38. The largest absolute Gasteiger partial charge is 0.299 e. The second-order valence-corrected chi connectivity index (χ2v) is 6.08. The SMILES string of the molecule is CCn1ncnc1CN[C@@H](c1ccccc1)c1cc(C)ccc1C. The fourth-order valence-electron chi connectivity index (χ4n) is 3.01. The number of aryl methyl sites for hydroxylation is 3. The van der Waals surface area contributed by atoms with Crippen molar-refractivity contribution in [1.82, 2.24) is 20.1 Å². The third-order valence-electron chi connectivity index (χ3n) is 4.34. The second kappa shape index (κ2) is 7.41. The molecule has 0 spiro atoms. The van der Waals surface area contributed by atoms with E-state index in [4.69, 9.17) is 0 Å². The van der Waals surface area contributed by atoms with Gasteiger partial charge in [-0.25, -0.2) is 9.67 Å². The van der Waals surface area contributed by atoms with Crippen LogP contribution in [0.3, 0.4) is 0 Å². The van der Waals surface area contributed by atoms with Crippen LogP contribution < -0.4 is 5.32 Å². The lowest BCUT2D eigenvalue weighted by molar-refractivity contribution is 0.539. The summed E-state index contributed by atoms with van der Waals surface area (Å²) >= 11 is 0. The normalized spacial score (nSPS) is 12.3. The lowest BCUT2D eigenvalue weighted by Crippen LogP contribution is -2.25. The number of rotatable bonds is 6. The highest BCUT2D eigenvalue weighted by Gasteiger charge is 2.17. The molecule has 0 aliphatic rings. The molecule has 0 saturated heterocycles. The molecule has 0 fully saturated rings. The molecule has 0 bridgehead atoms. The van der Waals surface area contributed by atoms with Gasteiger partial charge in [-0.1, -0.05) is 54.1 Å². The minimum atomic E-state index is 0.133. The third kappa shape index (κ3) is 3.54. The molecule has 1 heterocycles. The Balaban J connectivity index is 1.92. The Bertz CT molecular complexity index is 792. The number of hydrogen-bond donors (Lipinski definition) is 1. The monoisotopic (exact) mass is 320 g/mol. The van der Waals surface area contributed by atoms with Gasteiger partial charge in [-0.2, -0.15) is 5.10 Å². The van der Waals surface area contributed by atoms with Crippen LogP contribution in [-0.4, -0.2) is 14.8 Å². The van der Waals surface area contributed by atoms with Gasteiger partial charge in [-0.3, -0.25) is 5.32 Å². The van der Waals surface area contributed by atoms with E-state index in [1.165, 1.54) is 22.3 Å². The first kappa shape index (κ1) is 16.4. The predicted molar refractivity (Wildman–Crippen MR) is 96.7 cm³/mol. The Morgan fingerprint density at radius 3 is 2.62 bits per heavy atom. The Kier molecular flexibility index (Phi) is 5.06. The summed E-state index contributed by atoms with van der Waals surface area (Å²) in [6.07, 6.45) is 1.62. The number of nitrogens with one attached hydrogen (secondary N) is 1. The van der Waals surface area contributed by atoms with Gasteiger partial charge in [0.05, 0.1) is 12.6 Å². The summed E-state index contributed by atoms with van der Waals surface area (Å²) < 4.78 is 1.93. The number of aromatic nitrogens is 3. The zero-order valence-electron chi connectivity index (χ0n) is 14.5. The van der Waals surface area contributed by atoms with Crippen molar-refractivity contribution in [1.29, 1.82) is 0 Å². The summed E-state index contributed by atoms with van der Waals surface area (Å²) in [5.74, 6) is 0.962. The summed E-state index contributed by atoms with van der Waals surface area (Å²) in [6, 6.07) is 17.3. The lowest BCUT2D eigenvalue weighted by atomic mass is 9.93. The van der Waals surface area contributed by atoms with Crippen molar-refractivity contribution in [3.8, 4) is 0 Å². The predicted octanol–water partition coefficient (Wildman–Crippen LogP) is 3.79. The van der Waals surface area contributed by atoms with Gasteiger partial charge in [-0.15, -0.1) is 0 Å². The molecule has 0 amide bonds. The van der Waals surface area contributed by atoms with Crippen LogP contribution >= 0.6 is 0 Å². The molecule has 4 nitrogen and oxygen atoms in total. The first-order valence-corrected chi connectivity index (χ1v) is 8.41. The van der Waals surface area contributed by atoms with E-state index < -0.39 is 0 Å². The molecule has 24 heavy (non-hydrogen) atoms. The molecular formula is C20H24N4. The van der Waals surface area contributed by atoms with Crippen molar-refractivity contribution in [2.24, 2.45) is 0 Å². The third-order valence-corrected chi connectivity index (χ3v) is 4.34. The minimum Gasteiger partial charge on any atom is -0.299 e. The van der Waals surface area contributed by atoms with Crippen molar-refractivity contribution in [3.05, 3.63) is 82.9 Å². The zero-order chi connectivity index (χ0) is 16.9. The van der Waals surface area contributed by atoms with E-state index in [1.54, 1.807) is 6.33 Å². The van der Waals surface area contributed by atoms with Crippen LogP contribution in [0.25, 0.3) is 0 Å². The van der Waals surface area contributed by atoms with Crippen molar-refractivity contribution < 1.29 is 0 Å². The fourth-order valence-corrected chi connectivity index (χ4v) is 3.01. The van der Waals surface area contributed by atoms with Crippen LogP contribution in [0.4, 0.5) is 0 Å². The molecule has 0 unspecified atom stereocenters. The van der Waals surface area contributed by atoms with Crippen LogP contribution in [0.5, 0.6) is 0 Å². The van der Waals surface area contributed by atoms with Crippen LogP contribution in [-0.2, 0) is 13.1 Å². The van der Waals surface area contributed by atoms with Crippen molar-refractivity contribution in [2.45, 2.75) is 39.9 Å². The van der Waals surface area contributed by atoms with Crippen LogP contribution in [0.15, 0.2) is 54.9 Å². The topological polar surface area (TPSA) is 42.7 Å². The Morgan fingerprint density at radius 2 is 1.88 bits per heavy atom. The van der Waals surface area contributed by atoms with E-state index in [2.05, 4.69) is 84.7 Å². The lowest BCUT2D eigenvalue weighted by Gasteiger charge is -2.22. The Hall–Kier alpha value is -2.46. The fraction of sp³-hybridized carbons (Fsp3) is 0.300. The molecule has 0 aliphatic heterocycles. The van der Waals surface area contributed by atoms with Crippen LogP contribution in [0.1, 0.15) is 41.0 Å². The quantitative estimate of drug-likeness (QED) is 0.751. The van der Waals surface area contributed by atoms with Crippen molar-refractivity contribution >= 4 is 0 Å². The van der Waals surface area contributed by atoms with E-state index in [1.807, 2.05) is 4.68 Å². The number of hydrogen-bond acceptors (Lipinski definition) is 3. The minimum absolute atomic E-state index is 0.133. The van der Waals surface area contributed by atoms with E-state index in [0.717, 1.165) is 12.4 Å². The first-order valence-electron chi connectivity index (χ1n) is 8.41. The number of nitrogens with zero attached hydrogens (tertiary/aromatic N) is 3. The molecule has 2 aromatic carbocycles. The van der Waals surface area contributed by atoms with E-state index in [-0.39, 0.29) is 6.04 Å². The highest BCUT2D eigenvalue weighted by molar-refractivity contribution is 5.39. The molecule has 3 aromatic rings. The van der Waals surface area contributed by atoms with Gasteiger partial charge in [0.15, 0.2) is 0 Å². The van der Waals surface area contributed by atoms with Gasteiger partial charge < -0.3 is 0 Å². The summed E-state index contributed by atoms with van der Waals surface area (Å²) in [4.78, 5) is 4.38.